The molecule has 0 fully saturated rings. The first-order valence-electron chi connectivity index (χ1n) is 4.50. The number of nitrogens with zero attached hydrogens (tertiary/aromatic N) is 1. The van der Waals surface area contributed by atoms with Crippen LogP contribution >= 0.6 is 0 Å². The Kier molecular flexibility index (Phi) is 3.93. The van der Waals surface area contributed by atoms with Crippen molar-refractivity contribution in [3.05, 3.63) is 33.2 Å². The first-order chi connectivity index (χ1) is 7.99. The van der Waals surface area contributed by atoms with Crippen LogP contribution in [0.3, 0.4) is 0 Å². The zero-order valence-corrected chi connectivity index (χ0v) is 8.79. The van der Waals surface area contributed by atoms with E-state index in [1.165, 1.54) is 6.07 Å². The Balaban J connectivity index is 3.24. The second-order valence-corrected chi connectivity index (χ2v) is 3.12. The van der Waals surface area contributed by atoms with E-state index in [-0.39, 0.29) is 12.1 Å². The number of H-pyrrole nitrogens is 1. The Labute approximate surface area is 94.6 Å². The van der Waals surface area contributed by atoms with Crippen molar-refractivity contribution in [1.29, 1.82) is 5.26 Å². The fourth-order valence-corrected chi connectivity index (χ4v) is 1.26. The molecule has 0 bridgehead atoms. The third kappa shape index (κ3) is 2.87. The zero-order valence-electron chi connectivity index (χ0n) is 8.79. The molecule has 1 aromatic heterocycles. The number of halogens is 2. The third-order valence-corrected chi connectivity index (χ3v) is 2.03. The van der Waals surface area contributed by atoms with Gasteiger partial charge in [-0.15, -0.1) is 0 Å². The molecule has 5 nitrogen and oxygen atoms in total. The Morgan fingerprint density at radius 1 is 1.65 bits per heavy atom. The van der Waals surface area contributed by atoms with Crippen molar-refractivity contribution in [2.45, 2.75) is 12.8 Å². The van der Waals surface area contributed by atoms with Crippen LogP contribution in [-0.4, -0.2) is 18.1 Å². The fraction of sp³-hybridized carbons (Fsp3) is 0.300. The lowest BCUT2D eigenvalue weighted by Crippen LogP contribution is -2.19. The second-order valence-electron chi connectivity index (χ2n) is 3.12. The molecule has 0 unspecified atom stereocenters. The maximum atomic E-state index is 12.5. The minimum atomic E-state index is -3.04. The van der Waals surface area contributed by atoms with Gasteiger partial charge in [-0.25, -0.2) is 8.78 Å². The third-order valence-electron chi connectivity index (χ3n) is 2.03. The first kappa shape index (κ1) is 12.8. The van der Waals surface area contributed by atoms with E-state index in [0.29, 0.717) is 0 Å². The standard InChI is InChI=1S/C10H8F2N2O3/c1-17-7(15)3-6-2-5(4-13)8(9(11)12)10(16)14-6/h2,9H,3H2,1H3,(H,14,16). The van der Waals surface area contributed by atoms with Crippen LogP contribution in [0.1, 0.15) is 23.2 Å². The predicted octanol–water partition coefficient (Wildman–Crippen LogP) is 0.900. The average molecular weight is 242 g/mol. The van der Waals surface area contributed by atoms with Crippen LogP contribution in [0.15, 0.2) is 10.9 Å². The highest BCUT2D eigenvalue weighted by Crippen LogP contribution is 2.18. The van der Waals surface area contributed by atoms with Gasteiger partial charge in [-0.2, -0.15) is 5.26 Å². The maximum absolute atomic E-state index is 12.5. The normalized spacial score (nSPS) is 10.1. The van der Waals surface area contributed by atoms with E-state index in [1.807, 2.05) is 0 Å². The van der Waals surface area contributed by atoms with Crippen LogP contribution in [0.2, 0.25) is 0 Å². The molecule has 0 aliphatic rings. The molecule has 0 aliphatic carbocycles. The molecule has 1 rings (SSSR count). The molecule has 0 aliphatic heterocycles. The van der Waals surface area contributed by atoms with Gasteiger partial charge in [0, 0.05) is 5.69 Å². The van der Waals surface area contributed by atoms with Crippen LogP contribution in [0.25, 0.3) is 0 Å². The van der Waals surface area contributed by atoms with E-state index >= 15 is 0 Å². The van der Waals surface area contributed by atoms with Crippen LogP contribution in [0.5, 0.6) is 0 Å². The molecule has 7 heteroatoms. The summed E-state index contributed by atoms with van der Waals surface area (Å²) >= 11 is 0. The highest BCUT2D eigenvalue weighted by atomic mass is 19.3. The van der Waals surface area contributed by atoms with Gasteiger partial charge >= 0.3 is 5.97 Å². The molecular formula is C10H8F2N2O3. The molecule has 0 radical (unpaired) electrons. The summed E-state index contributed by atoms with van der Waals surface area (Å²) in [5, 5.41) is 8.66. The summed E-state index contributed by atoms with van der Waals surface area (Å²) in [7, 11) is 1.15. The molecule has 1 heterocycles. The lowest BCUT2D eigenvalue weighted by Gasteiger charge is -2.04. The molecule has 0 saturated heterocycles. The number of aromatic nitrogens is 1. The van der Waals surface area contributed by atoms with Gasteiger partial charge in [0.25, 0.3) is 12.0 Å². The maximum Gasteiger partial charge on any atom is 0.311 e. The lowest BCUT2D eigenvalue weighted by molar-refractivity contribution is -0.139. The van der Waals surface area contributed by atoms with Crippen molar-refractivity contribution < 1.29 is 18.3 Å². The molecular weight excluding hydrogens is 234 g/mol. The van der Waals surface area contributed by atoms with Gasteiger partial charge in [-0.05, 0) is 6.07 Å². The summed E-state index contributed by atoms with van der Waals surface area (Å²) < 4.78 is 29.3. The number of esters is 1. The predicted molar refractivity (Wildman–Crippen MR) is 52.5 cm³/mol. The van der Waals surface area contributed by atoms with E-state index in [9.17, 15) is 18.4 Å². The van der Waals surface area contributed by atoms with Gasteiger partial charge in [0.2, 0.25) is 0 Å². The largest absolute Gasteiger partial charge is 0.469 e. The van der Waals surface area contributed by atoms with Crippen LogP contribution in [0.4, 0.5) is 8.78 Å². The van der Waals surface area contributed by atoms with Gasteiger partial charge < -0.3 is 9.72 Å². The minimum Gasteiger partial charge on any atom is -0.469 e. The van der Waals surface area contributed by atoms with E-state index in [4.69, 9.17) is 5.26 Å². The lowest BCUT2D eigenvalue weighted by atomic mass is 10.1. The number of alkyl halides is 2. The number of pyridine rings is 1. The van der Waals surface area contributed by atoms with Crippen molar-refractivity contribution in [2.75, 3.05) is 7.11 Å². The Bertz CT molecular complexity index is 531. The van der Waals surface area contributed by atoms with Gasteiger partial charge in [0.1, 0.15) is 5.56 Å². The van der Waals surface area contributed by atoms with Crippen LogP contribution in [-0.2, 0) is 16.0 Å². The molecule has 1 aromatic rings. The van der Waals surface area contributed by atoms with E-state index in [1.54, 1.807) is 0 Å². The highest BCUT2D eigenvalue weighted by molar-refractivity contribution is 5.71. The summed E-state index contributed by atoms with van der Waals surface area (Å²) in [6.07, 6.45) is -3.33. The smallest absolute Gasteiger partial charge is 0.311 e. The number of carbonyl (C=O) groups is 1. The van der Waals surface area contributed by atoms with Crippen LogP contribution in [0, 0.1) is 11.3 Å². The van der Waals surface area contributed by atoms with E-state index < -0.39 is 29.1 Å². The van der Waals surface area contributed by atoms with Crippen molar-refractivity contribution in [3.8, 4) is 6.07 Å². The van der Waals surface area contributed by atoms with Crippen molar-refractivity contribution in [3.63, 3.8) is 0 Å². The Hall–Kier alpha value is -2.23. The molecule has 0 atom stereocenters. The molecule has 90 valence electrons. The molecule has 0 amide bonds. The SMILES string of the molecule is COC(=O)Cc1cc(C#N)c(C(F)F)c(=O)[nH]1. The number of hydrogen-bond donors (Lipinski definition) is 1. The van der Waals surface area contributed by atoms with E-state index in [2.05, 4.69) is 9.72 Å². The molecule has 0 saturated carbocycles. The number of ether oxygens (including phenoxy) is 1. The topological polar surface area (TPSA) is 82.9 Å². The fourth-order valence-electron chi connectivity index (χ4n) is 1.26. The summed E-state index contributed by atoms with van der Waals surface area (Å²) in [5.74, 6) is -0.644. The number of rotatable bonds is 3. The first-order valence-corrected chi connectivity index (χ1v) is 4.50. The number of carbonyl (C=O) groups excluding carboxylic acids is 1. The van der Waals surface area contributed by atoms with E-state index in [0.717, 1.165) is 13.2 Å². The monoisotopic (exact) mass is 242 g/mol. The number of aromatic amines is 1. The average Bonchev–Trinajstić information content (AvgIpc) is 2.27. The van der Waals surface area contributed by atoms with Crippen molar-refractivity contribution in [1.82, 2.24) is 4.98 Å². The quantitative estimate of drug-likeness (QED) is 0.798. The summed E-state index contributed by atoms with van der Waals surface area (Å²) in [4.78, 5) is 24.3. The minimum absolute atomic E-state index is 0.0581. The highest BCUT2D eigenvalue weighted by Gasteiger charge is 2.19. The molecule has 17 heavy (non-hydrogen) atoms. The van der Waals surface area contributed by atoms with Crippen molar-refractivity contribution in [2.24, 2.45) is 0 Å². The Morgan fingerprint density at radius 3 is 2.76 bits per heavy atom. The van der Waals surface area contributed by atoms with Gasteiger partial charge in [0.05, 0.1) is 25.2 Å². The number of nitriles is 1. The number of nitrogens with one attached hydrogen (secondary N) is 1. The second kappa shape index (κ2) is 5.21. The summed E-state index contributed by atoms with van der Waals surface area (Å²) in [5.41, 5.74) is -2.34. The summed E-state index contributed by atoms with van der Waals surface area (Å²) in [6.45, 7) is 0. The van der Waals surface area contributed by atoms with Gasteiger partial charge in [-0.1, -0.05) is 0 Å². The summed E-state index contributed by atoms with van der Waals surface area (Å²) in [6, 6.07) is 2.54. The van der Waals surface area contributed by atoms with Gasteiger partial charge in [0.15, 0.2) is 0 Å². The molecule has 0 aromatic carbocycles. The molecule has 0 spiro atoms. The van der Waals surface area contributed by atoms with Crippen molar-refractivity contribution >= 4 is 5.97 Å². The Morgan fingerprint density at radius 2 is 2.29 bits per heavy atom. The van der Waals surface area contributed by atoms with Gasteiger partial charge in [-0.3, -0.25) is 9.59 Å². The number of methoxy groups -OCH3 is 1. The number of hydrogen-bond acceptors (Lipinski definition) is 4. The molecule has 1 N–H and O–H groups in total. The zero-order chi connectivity index (χ0) is 13.0. The van der Waals surface area contributed by atoms with Crippen LogP contribution < -0.4 is 5.56 Å².